The molecule has 4 rings (SSSR count). The lowest BCUT2D eigenvalue weighted by molar-refractivity contribution is -0.137. The summed E-state index contributed by atoms with van der Waals surface area (Å²) in [5.74, 6) is -1.07. The monoisotopic (exact) mass is 463 g/mol. The van der Waals surface area contributed by atoms with E-state index < -0.39 is 23.5 Å². The molecule has 4 aromatic rings. The standard InChI is InChI=1S/C19H13F4N7OS/c20-13-4-2-1-3-12(13)17-27-18(29-28-17)32-8-16(31)26-14-7-11(19(21,22)23)5-6-15(14)30-10-24-9-25-30/h1-7,9-10H,8H2,(H,26,31)(H,27,28,29). The third-order valence-corrected chi connectivity index (χ3v) is 5.04. The van der Waals surface area contributed by atoms with Crippen LogP contribution in [0.2, 0.25) is 0 Å². The van der Waals surface area contributed by atoms with Crippen LogP contribution in [0.1, 0.15) is 5.56 Å². The summed E-state index contributed by atoms with van der Waals surface area (Å²) >= 11 is 0.937. The van der Waals surface area contributed by atoms with Crippen molar-refractivity contribution in [3.05, 3.63) is 66.5 Å². The molecule has 1 amide bonds. The molecule has 0 spiro atoms. The third kappa shape index (κ3) is 4.77. The van der Waals surface area contributed by atoms with E-state index in [0.717, 1.165) is 23.9 Å². The Balaban J connectivity index is 1.48. The van der Waals surface area contributed by atoms with Gasteiger partial charge in [-0.05, 0) is 30.3 Å². The molecule has 0 saturated carbocycles. The molecule has 164 valence electrons. The minimum Gasteiger partial charge on any atom is -0.323 e. The molecule has 2 heterocycles. The number of carbonyl (C=O) groups is 1. The maximum atomic E-state index is 13.9. The molecule has 0 fully saturated rings. The number of anilines is 1. The first-order chi connectivity index (χ1) is 15.3. The highest BCUT2D eigenvalue weighted by atomic mass is 32.2. The number of H-pyrrole nitrogens is 1. The van der Waals surface area contributed by atoms with E-state index in [1.165, 1.54) is 41.6 Å². The Morgan fingerprint density at radius 2 is 2.00 bits per heavy atom. The number of nitrogens with zero attached hydrogens (tertiary/aromatic N) is 5. The fourth-order valence-corrected chi connectivity index (χ4v) is 3.34. The second-order valence-electron chi connectivity index (χ2n) is 6.35. The van der Waals surface area contributed by atoms with Gasteiger partial charge in [-0.3, -0.25) is 9.89 Å². The topological polar surface area (TPSA) is 101 Å². The Morgan fingerprint density at radius 1 is 1.19 bits per heavy atom. The Bertz CT molecular complexity index is 1240. The highest BCUT2D eigenvalue weighted by molar-refractivity contribution is 7.99. The fourth-order valence-electron chi connectivity index (χ4n) is 2.75. The van der Waals surface area contributed by atoms with Gasteiger partial charge in [-0.25, -0.2) is 19.0 Å². The molecule has 0 bridgehead atoms. The van der Waals surface area contributed by atoms with E-state index in [4.69, 9.17) is 0 Å². The van der Waals surface area contributed by atoms with Crippen LogP contribution in [0.15, 0.2) is 60.3 Å². The Hall–Kier alpha value is -3.74. The number of carbonyl (C=O) groups excluding carboxylic acids is 1. The Labute approximate surface area is 182 Å². The predicted octanol–water partition coefficient (Wildman–Crippen LogP) is 3.94. The van der Waals surface area contributed by atoms with Gasteiger partial charge in [0.05, 0.1) is 28.3 Å². The number of nitrogens with one attached hydrogen (secondary N) is 2. The van der Waals surface area contributed by atoms with Crippen molar-refractivity contribution in [3.63, 3.8) is 0 Å². The molecule has 0 aliphatic rings. The summed E-state index contributed by atoms with van der Waals surface area (Å²) in [4.78, 5) is 20.3. The van der Waals surface area contributed by atoms with Crippen molar-refractivity contribution in [3.8, 4) is 17.1 Å². The van der Waals surface area contributed by atoms with Gasteiger partial charge in [-0.1, -0.05) is 23.9 Å². The molecule has 13 heteroatoms. The van der Waals surface area contributed by atoms with Crippen LogP contribution in [-0.4, -0.2) is 41.6 Å². The molecular weight excluding hydrogens is 450 g/mol. The van der Waals surface area contributed by atoms with Crippen molar-refractivity contribution in [2.24, 2.45) is 0 Å². The van der Waals surface area contributed by atoms with Gasteiger partial charge in [0.25, 0.3) is 0 Å². The summed E-state index contributed by atoms with van der Waals surface area (Å²) in [5.41, 5.74) is -0.572. The maximum Gasteiger partial charge on any atom is 0.416 e. The number of thioether (sulfide) groups is 1. The zero-order chi connectivity index (χ0) is 22.7. The fraction of sp³-hybridized carbons (Fsp3) is 0.105. The van der Waals surface area contributed by atoms with Gasteiger partial charge in [0.2, 0.25) is 11.1 Å². The molecule has 0 saturated heterocycles. The first kappa shape index (κ1) is 21.5. The van der Waals surface area contributed by atoms with E-state index in [0.29, 0.717) is 0 Å². The molecule has 2 N–H and O–H groups in total. The van der Waals surface area contributed by atoms with Crippen molar-refractivity contribution < 1.29 is 22.4 Å². The van der Waals surface area contributed by atoms with Crippen LogP contribution in [0.4, 0.5) is 23.2 Å². The van der Waals surface area contributed by atoms with E-state index in [1.54, 1.807) is 6.07 Å². The number of alkyl halides is 3. The summed E-state index contributed by atoms with van der Waals surface area (Å²) in [5, 5.41) is 13.0. The number of rotatable bonds is 6. The van der Waals surface area contributed by atoms with Crippen molar-refractivity contribution >= 4 is 23.4 Å². The van der Waals surface area contributed by atoms with Gasteiger partial charge >= 0.3 is 6.18 Å². The first-order valence-electron chi connectivity index (χ1n) is 8.97. The van der Waals surface area contributed by atoms with Gasteiger partial charge in [-0.15, -0.1) is 5.10 Å². The average molecular weight is 463 g/mol. The SMILES string of the molecule is O=C(CSc1n[nH]c(-c2ccccc2F)n1)Nc1cc(C(F)(F)F)ccc1-n1cncn1. The maximum absolute atomic E-state index is 13.9. The highest BCUT2D eigenvalue weighted by Crippen LogP contribution is 2.33. The van der Waals surface area contributed by atoms with E-state index in [1.807, 2.05) is 0 Å². The molecule has 32 heavy (non-hydrogen) atoms. The van der Waals surface area contributed by atoms with Crippen molar-refractivity contribution in [2.45, 2.75) is 11.3 Å². The molecule has 2 aromatic carbocycles. The second-order valence-corrected chi connectivity index (χ2v) is 7.30. The molecular formula is C19H13F4N7OS. The van der Waals surface area contributed by atoms with Crippen molar-refractivity contribution in [1.29, 1.82) is 0 Å². The molecule has 0 radical (unpaired) electrons. The molecule has 2 aromatic heterocycles. The molecule has 0 unspecified atom stereocenters. The lowest BCUT2D eigenvalue weighted by atomic mass is 10.1. The zero-order valence-corrected chi connectivity index (χ0v) is 16.8. The first-order valence-corrected chi connectivity index (χ1v) is 9.96. The Morgan fingerprint density at radius 3 is 2.72 bits per heavy atom. The van der Waals surface area contributed by atoms with E-state index >= 15 is 0 Å². The van der Waals surface area contributed by atoms with Crippen molar-refractivity contribution in [1.82, 2.24) is 29.9 Å². The Kier molecular flexibility index (Phi) is 5.90. The van der Waals surface area contributed by atoms with Crippen LogP contribution in [-0.2, 0) is 11.0 Å². The number of amides is 1. The lowest BCUT2D eigenvalue weighted by Gasteiger charge is -2.14. The number of hydrogen-bond acceptors (Lipinski definition) is 6. The number of hydrogen-bond donors (Lipinski definition) is 2. The van der Waals surface area contributed by atoms with E-state index in [9.17, 15) is 22.4 Å². The summed E-state index contributed by atoms with van der Waals surface area (Å²) in [7, 11) is 0. The quantitative estimate of drug-likeness (QED) is 0.332. The average Bonchev–Trinajstić information content (AvgIpc) is 3.44. The number of aromatic amines is 1. The summed E-state index contributed by atoms with van der Waals surface area (Å²) in [6.45, 7) is 0. The number of aromatic nitrogens is 6. The third-order valence-electron chi connectivity index (χ3n) is 4.19. The van der Waals surface area contributed by atoms with Crippen LogP contribution >= 0.6 is 11.8 Å². The van der Waals surface area contributed by atoms with Crippen molar-refractivity contribution in [2.75, 3.05) is 11.1 Å². The van der Waals surface area contributed by atoms with Crippen LogP contribution in [0.5, 0.6) is 0 Å². The molecule has 0 aliphatic heterocycles. The molecule has 8 nitrogen and oxygen atoms in total. The van der Waals surface area contributed by atoms with Gasteiger partial charge in [-0.2, -0.15) is 18.3 Å². The lowest BCUT2D eigenvalue weighted by Crippen LogP contribution is -2.17. The number of halogens is 4. The molecule has 0 aliphatic carbocycles. The second kappa shape index (κ2) is 8.78. The normalized spacial score (nSPS) is 11.5. The summed E-state index contributed by atoms with van der Waals surface area (Å²) < 4.78 is 54.5. The zero-order valence-electron chi connectivity index (χ0n) is 16.0. The molecule has 0 atom stereocenters. The minimum atomic E-state index is -4.59. The van der Waals surface area contributed by atoms with Crippen LogP contribution < -0.4 is 5.32 Å². The number of benzene rings is 2. The minimum absolute atomic E-state index is 0.0852. The predicted molar refractivity (Wildman–Crippen MR) is 107 cm³/mol. The van der Waals surface area contributed by atoms with Gasteiger partial charge in [0.15, 0.2) is 5.82 Å². The van der Waals surface area contributed by atoms with Gasteiger partial charge < -0.3 is 5.32 Å². The van der Waals surface area contributed by atoms with Crippen LogP contribution in [0.25, 0.3) is 17.1 Å². The van der Waals surface area contributed by atoms with E-state index in [2.05, 4.69) is 30.6 Å². The van der Waals surface area contributed by atoms with E-state index in [-0.39, 0.29) is 33.7 Å². The van der Waals surface area contributed by atoms with Crippen LogP contribution in [0, 0.1) is 5.82 Å². The summed E-state index contributed by atoms with van der Waals surface area (Å²) in [6.07, 6.45) is -2.07. The largest absolute Gasteiger partial charge is 0.416 e. The van der Waals surface area contributed by atoms with Gasteiger partial charge in [0, 0.05) is 0 Å². The van der Waals surface area contributed by atoms with Crippen LogP contribution in [0.3, 0.4) is 0 Å². The smallest absolute Gasteiger partial charge is 0.323 e. The highest BCUT2D eigenvalue weighted by Gasteiger charge is 2.31. The summed E-state index contributed by atoms with van der Waals surface area (Å²) in [6, 6.07) is 8.88. The van der Waals surface area contributed by atoms with Gasteiger partial charge in [0.1, 0.15) is 18.5 Å².